The molecular weight excluding hydrogens is 344 g/mol. The molecule has 1 aliphatic rings. The molecule has 4 rings (SSSR count). The third-order valence-electron chi connectivity index (χ3n) is 4.37. The number of anilines is 2. The van der Waals surface area contributed by atoms with E-state index in [4.69, 9.17) is 0 Å². The van der Waals surface area contributed by atoms with E-state index in [2.05, 4.69) is 44.5 Å². The first kappa shape index (κ1) is 16.7. The maximum absolute atomic E-state index is 12.6. The molecule has 0 saturated carbocycles. The molecule has 0 bridgehead atoms. The lowest BCUT2D eigenvalue weighted by Gasteiger charge is -2.27. The summed E-state index contributed by atoms with van der Waals surface area (Å²) in [5.41, 5.74) is 2.87. The van der Waals surface area contributed by atoms with Gasteiger partial charge < -0.3 is 10.2 Å². The number of amides is 1. The van der Waals surface area contributed by atoms with Crippen molar-refractivity contribution in [2.45, 2.75) is 26.3 Å². The zero-order chi connectivity index (χ0) is 17.9. The zero-order valence-electron chi connectivity index (χ0n) is 14.6. The Morgan fingerprint density at radius 2 is 2.12 bits per heavy atom. The smallest absolute Gasteiger partial charge is 0.284 e. The van der Waals surface area contributed by atoms with Crippen molar-refractivity contribution in [1.29, 1.82) is 0 Å². The fourth-order valence-corrected chi connectivity index (χ4v) is 4.17. The fraction of sp³-hybridized carbons (Fsp3) is 0.250. The van der Waals surface area contributed by atoms with Crippen molar-refractivity contribution < 1.29 is 4.79 Å². The minimum Gasteiger partial charge on any atom is -0.351 e. The van der Waals surface area contributed by atoms with Crippen molar-refractivity contribution >= 4 is 28.7 Å². The Balaban J connectivity index is 1.54. The van der Waals surface area contributed by atoms with Crippen LogP contribution in [0.2, 0.25) is 0 Å². The molecule has 0 spiro atoms. The van der Waals surface area contributed by atoms with Gasteiger partial charge in [-0.25, -0.2) is 4.98 Å². The number of pyridine rings is 1. The second-order valence-electron chi connectivity index (χ2n) is 6.42. The summed E-state index contributed by atoms with van der Waals surface area (Å²) in [4.78, 5) is 24.9. The molecule has 3 aromatic rings. The molecule has 0 radical (unpaired) electrons. The van der Waals surface area contributed by atoms with Crippen LogP contribution in [0.15, 0.2) is 48.7 Å². The van der Waals surface area contributed by atoms with Gasteiger partial charge in [0.2, 0.25) is 0 Å². The van der Waals surface area contributed by atoms with Gasteiger partial charge in [-0.1, -0.05) is 30.3 Å². The SMILES string of the molecule is Cc1cc(NC(=O)c2nc3c(s2)CCCN3Cc2ccccc2)ccn1. The molecule has 3 heterocycles. The maximum Gasteiger partial charge on any atom is 0.284 e. The molecular formula is C20H20N4OS. The van der Waals surface area contributed by atoms with Crippen molar-refractivity contribution in [3.05, 3.63) is 69.8 Å². The van der Waals surface area contributed by atoms with E-state index in [1.165, 1.54) is 21.8 Å². The summed E-state index contributed by atoms with van der Waals surface area (Å²) >= 11 is 1.50. The third-order valence-corrected chi connectivity index (χ3v) is 5.48. The highest BCUT2D eigenvalue weighted by atomic mass is 32.1. The predicted molar refractivity (Wildman–Crippen MR) is 105 cm³/mol. The number of benzene rings is 1. The molecule has 0 aliphatic carbocycles. The van der Waals surface area contributed by atoms with Crippen LogP contribution in [-0.2, 0) is 13.0 Å². The minimum absolute atomic E-state index is 0.158. The van der Waals surface area contributed by atoms with Gasteiger partial charge in [0.15, 0.2) is 5.01 Å². The summed E-state index contributed by atoms with van der Waals surface area (Å²) in [5, 5.41) is 3.44. The molecule has 2 aromatic heterocycles. The number of aromatic nitrogens is 2. The highest BCUT2D eigenvalue weighted by Crippen LogP contribution is 2.33. The number of carbonyl (C=O) groups is 1. The van der Waals surface area contributed by atoms with Crippen LogP contribution in [0.5, 0.6) is 0 Å². The van der Waals surface area contributed by atoms with Crippen LogP contribution in [-0.4, -0.2) is 22.4 Å². The zero-order valence-corrected chi connectivity index (χ0v) is 15.4. The van der Waals surface area contributed by atoms with Crippen molar-refractivity contribution in [3.63, 3.8) is 0 Å². The Morgan fingerprint density at radius 3 is 2.92 bits per heavy atom. The number of rotatable bonds is 4. The molecule has 1 N–H and O–H groups in total. The van der Waals surface area contributed by atoms with Crippen molar-refractivity contribution in [2.24, 2.45) is 0 Å². The average Bonchev–Trinajstić information content (AvgIpc) is 3.08. The average molecular weight is 364 g/mol. The van der Waals surface area contributed by atoms with E-state index in [0.717, 1.165) is 43.1 Å². The van der Waals surface area contributed by atoms with Crippen molar-refractivity contribution in [3.8, 4) is 0 Å². The fourth-order valence-electron chi connectivity index (χ4n) is 3.15. The summed E-state index contributed by atoms with van der Waals surface area (Å²) in [6.45, 7) is 3.69. The monoisotopic (exact) mass is 364 g/mol. The first-order valence-corrected chi connectivity index (χ1v) is 9.53. The molecule has 0 unspecified atom stereocenters. The van der Waals surface area contributed by atoms with Gasteiger partial charge >= 0.3 is 0 Å². The van der Waals surface area contributed by atoms with Gasteiger partial charge in [0.1, 0.15) is 5.82 Å². The number of fused-ring (bicyclic) bond motifs is 1. The van der Waals surface area contributed by atoms with Crippen LogP contribution < -0.4 is 10.2 Å². The number of carbonyl (C=O) groups excluding carboxylic acids is 1. The Bertz CT molecular complexity index is 923. The summed E-state index contributed by atoms with van der Waals surface area (Å²) < 4.78 is 0. The topological polar surface area (TPSA) is 58.1 Å². The van der Waals surface area contributed by atoms with Crippen molar-refractivity contribution in [2.75, 3.05) is 16.8 Å². The number of aryl methyl sites for hydroxylation is 2. The van der Waals surface area contributed by atoms with Gasteiger partial charge in [-0.05, 0) is 37.5 Å². The number of nitrogens with zero attached hydrogens (tertiary/aromatic N) is 3. The maximum atomic E-state index is 12.6. The lowest BCUT2D eigenvalue weighted by atomic mass is 10.1. The summed E-state index contributed by atoms with van der Waals surface area (Å²) in [6, 6.07) is 14.0. The Morgan fingerprint density at radius 1 is 1.27 bits per heavy atom. The minimum atomic E-state index is -0.158. The van der Waals surface area contributed by atoms with Crippen LogP contribution in [0.3, 0.4) is 0 Å². The molecule has 5 nitrogen and oxygen atoms in total. The van der Waals surface area contributed by atoms with Crippen LogP contribution >= 0.6 is 11.3 Å². The highest BCUT2D eigenvalue weighted by molar-refractivity contribution is 7.14. The number of hydrogen-bond acceptors (Lipinski definition) is 5. The summed E-state index contributed by atoms with van der Waals surface area (Å²) in [7, 11) is 0. The van der Waals surface area contributed by atoms with Crippen molar-refractivity contribution in [1.82, 2.24) is 9.97 Å². The molecule has 0 atom stereocenters. The number of nitrogens with one attached hydrogen (secondary N) is 1. The Hall–Kier alpha value is -2.73. The first-order chi connectivity index (χ1) is 12.7. The van der Waals surface area contributed by atoms with Crippen LogP contribution in [0.25, 0.3) is 0 Å². The molecule has 132 valence electrons. The van der Waals surface area contributed by atoms with Crippen LogP contribution in [0.4, 0.5) is 11.5 Å². The molecule has 1 aromatic carbocycles. The molecule has 1 aliphatic heterocycles. The van der Waals surface area contributed by atoms with Gasteiger partial charge in [-0.2, -0.15) is 0 Å². The van der Waals surface area contributed by atoms with E-state index in [9.17, 15) is 4.79 Å². The second kappa shape index (κ2) is 7.25. The van der Waals surface area contributed by atoms with Gasteiger partial charge in [0.05, 0.1) is 0 Å². The van der Waals surface area contributed by atoms with E-state index in [1.807, 2.05) is 19.1 Å². The highest BCUT2D eigenvalue weighted by Gasteiger charge is 2.24. The molecule has 1 amide bonds. The van der Waals surface area contributed by atoms with Gasteiger partial charge in [-0.15, -0.1) is 11.3 Å². The largest absolute Gasteiger partial charge is 0.351 e. The molecule has 0 fully saturated rings. The van der Waals surface area contributed by atoms with Gasteiger partial charge in [-0.3, -0.25) is 9.78 Å². The van der Waals surface area contributed by atoms with Crippen LogP contribution in [0, 0.1) is 6.92 Å². The number of thiazole rings is 1. The molecule has 6 heteroatoms. The summed E-state index contributed by atoms with van der Waals surface area (Å²) in [5.74, 6) is 0.802. The second-order valence-corrected chi connectivity index (χ2v) is 7.50. The van der Waals surface area contributed by atoms with E-state index in [0.29, 0.717) is 5.01 Å². The summed E-state index contributed by atoms with van der Waals surface area (Å²) in [6.07, 6.45) is 3.77. The predicted octanol–water partition coefficient (Wildman–Crippen LogP) is 4.05. The van der Waals surface area contributed by atoms with E-state index < -0.39 is 0 Å². The van der Waals surface area contributed by atoms with Gasteiger partial charge in [0, 0.05) is 35.5 Å². The van der Waals surface area contributed by atoms with E-state index >= 15 is 0 Å². The van der Waals surface area contributed by atoms with E-state index in [1.54, 1.807) is 12.3 Å². The van der Waals surface area contributed by atoms with E-state index in [-0.39, 0.29) is 5.91 Å². The molecule has 0 saturated heterocycles. The lowest BCUT2D eigenvalue weighted by Crippen LogP contribution is -2.28. The quantitative estimate of drug-likeness (QED) is 0.759. The molecule has 26 heavy (non-hydrogen) atoms. The van der Waals surface area contributed by atoms with Gasteiger partial charge in [0.25, 0.3) is 5.91 Å². The number of hydrogen-bond donors (Lipinski definition) is 1. The lowest BCUT2D eigenvalue weighted by molar-refractivity contribution is 0.102. The van der Waals surface area contributed by atoms with Crippen LogP contribution in [0.1, 0.15) is 32.4 Å². The Labute approximate surface area is 156 Å². The first-order valence-electron chi connectivity index (χ1n) is 8.71. The normalized spacial score (nSPS) is 13.3. The standard InChI is InChI=1S/C20H20N4OS/c1-14-12-16(9-10-21-14)22-19(25)20-23-18-17(26-20)8-5-11-24(18)13-15-6-3-2-4-7-15/h2-4,6-7,9-10,12H,5,8,11,13H2,1H3,(H,21,22,25). The third kappa shape index (κ3) is 3.60. The Kier molecular flexibility index (Phi) is 4.67.